The number of rotatable bonds is 8. The summed E-state index contributed by atoms with van der Waals surface area (Å²) in [6, 6.07) is 0.387. The highest BCUT2D eigenvalue weighted by Crippen LogP contribution is 2.10. The Morgan fingerprint density at radius 1 is 1.50 bits per heavy atom. The molecule has 0 bridgehead atoms. The van der Waals surface area contributed by atoms with E-state index in [1.165, 1.54) is 5.69 Å². The normalized spacial score (nSPS) is 12.9. The Morgan fingerprint density at radius 2 is 2.31 bits per heavy atom. The monoisotopic (exact) mass is 242 g/mol. The first-order chi connectivity index (χ1) is 7.76. The van der Waals surface area contributed by atoms with Crippen molar-refractivity contribution >= 4 is 11.3 Å². The second-order valence-corrected chi connectivity index (χ2v) is 4.95. The molecule has 0 amide bonds. The predicted octanol–water partition coefficient (Wildman–Crippen LogP) is 2.40. The van der Waals surface area contributed by atoms with E-state index >= 15 is 0 Å². The van der Waals surface area contributed by atoms with Crippen LogP contribution in [0.15, 0.2) is 5.38 Å². The van der Waals surface area contributed by atoms with Crippen molar-refractivity contribution in [1.82, 2.24) is 10.3 Å². The Morgan fingerprint density at radius 3 is 2.88 bits per heavy atom. The van der Waals surface area contributed by atoms with Gasteiger partial charge in [-0.25, -0.2) is 4.98 Å². The number of thiazole rings is 1. The highest BCUT2D eigenvalue weighted by Gasteiger charge is 2.10. The van der Waals surface area contributed by atoms with Gasteiger partial charge in [-0.1, -0.05) is 13.8 Å². The maximum Gasteiger partial charge on any atom is 0.0897 e. The summed E-state index contributed by atoms with van der Waals surface area (Å²) in [5.41, 5.74) is 1.17. The molecule has 0 fully saturated rings. The van der Waals surface area contributed by atoms with Crippen molar-refractivity contribution in [3.8, 4) is 0 Å². The molecule has 4 heteroatoms. The smallest absolute Gasteiger partial charge is 0.0897 e. The van der Waals surface area contributed by atoms with Crippen LogP contribution in [0.25, 0.3) is 0 Å². The van der Waals surface area contributed by atoms with Gasteiger partial charge in [0.05, 0.1) is 17.3 Å². The average Bonchev–Trinajstić information content (AvgIpc) is 2.65. The van der Waals surface area contributed by atoms with Crippen molar-refractivity contribution in [2.24, 2.45) is 0 Å². The highest BCUT2D eigenvalue weighted by atomic mass is 32.1. The molecule has 1 N–H and O–H groups in total. The maximum absolute atomic E-state index is 5.59. The van der Waals surface area contributed by atoms with Crippen LogP contribution in [0.4, 0.5) is 0 Å². The molecule has 1 heterocycles. The molecule has 0 spiro atoms. The van der Waals surface area contributed by atoms with Crippen molar-refractivity contribution < 1.29 is 4.74 Å². The van der Waals surface area contributed by atoms with Gasteiger partial charge >= 0.3 is 0 Å². The summed E-state index contributed by atoms with van der Waals surface area (Å²) < 4.78 is 5.59. The van der Waals surface area contributed by atoms with Crippen molar-refractivity contribution in [3.05, 3.63) is 16.1 Å². The van der Waals surface area contributed by atoms with Crippen LogP contribution in [0.2, 0.25) is 0 Å². The summed E-state index contributed by atoms with van der Waals surface area (Å²) in [4.78, 5) is 4.48. The van der Waals surface area contributed by atoms with E-state index in [1.54, 1.807) is 11.3 Å². The molecule has 0 saturated heterocycles. The minimum absolute atomic E-state index is 0.387. The lowest BCUT2D eigenvalue weighted by Crippen LogP contribution is -2.35. The summed E-state index contributed by atoms with van der Waals surface area (Å²) in [5.74, 6) is 0. The van der Waals surface area contributed by atoms with Crippen LogP contribution in [0, 0.1) is 6.92 Å². The van der Waals surface area contributed by atoms with Gasteiger partial charge in [-0.15, -0.1) is 11.3 Å². The third kappa shape index (κ3) is 5.05. The highest BCUT2D eigenvalue weighted by molar-refractivity contribution is 7.09. The second kappa shape index (κ2) is 7.76. The molecule has 0 aliphatic carbocycles. The van der Waals surface area contributed by atoms with E-state index in [0.717, 1.165) is 37.6 Å². The molecule has 0 aliphatic rings. The van der Waals surface area contributed by atoms with Crippen molar-refractivity contribution in [2.45, 2.75) is 39.7 Å². The van der Waals surface area contributed by atoms with Crippen LogP contribution in [-0.4, -0.2) is 30.8 Å². The summed E-state index contributed by atoms with van der Waals surface area (Å²) >= 11 is 1.71. The van der Waals surface area contributed by atoms with Gasteiger partial charge in [-0.3, -0.25) is 0 Å². The molecule has 1 rings (SSSR count). The Labute approximate surface area is 102 Å². The first-order valence-electron chi connectivity index (χ1n) is 5.98. The number of likely N-dealkylation sites (N-methyl/N-ethyl adjacent to an activating group) is 1. The van der Waals surface area contributed by atoms with Crippen LogP contribution in [0.3, 0.4) is 0 Å². The summed E-state index contributed by atoms with van der Waals surface area (Å²) in [6.07, 6.45) is 2.04. The summed E-state index contributed by atoms with van der Waals surface area (Å²) in [7, 11) is 0. The zero-order valence-corrected chi connectivity index (χ0v) is 11.3. The molecule has 0 aliphatic heterocycles. The van der Waals surface area contributed by atoms with Crippen LogP contribution in [0.5, 0.6) is 0 Å². The Bertz CT molecular complexity index is 288. The minimum atomic E-state index is 0.387. The fourth-order valence-corrected chi connectivity index (χ4v) is 2.23. The lowest BCUT2D eigenvalue weighted by molar-refractivity contribution is 0.112. The van der Waals surface area contributed by atoms with Crippen molar-refractivity contribution in [2.75, 3.05) is 19.8 Å². The van der Waals surface area contributed by atoms with Crippen LogP contribution < -0.4 is 5.32 Å². The van der Waals surface area contributed by atoms with E-state index < -0.39 is 0 Å². The third-order valence-electron chi connectivity index (χ3n) is 2.28. The minimum Gasteiger partial charge on any atom is -0.380 e. The number of aromatic nitrogens is 1. The first-order valence-corrected chi connectivity index (χ1v) is 6.86. The van der Waals surface area contributed by atoms with Gasteiger partial charge in [0.15, 0.2) is 0 Å². The van der Waals surface area contributed by atoms with E-state index in [9.17, 15) is 0 Å². The average molecular weight is 242 g/mol. The molecule has 1 aromatic rings. The number of nitrogens with zero attached hydrogens (tertiary/aromatic N) is 1. The quantitative estimate of drug-likeness (QED) is 0.711. The van der Waals surface area contributed by atoms with Crippen molar-refractivity contribution in [3.63, 3.8) is 0 Å². The number of aryl methyl sites for hydroxylation is 1. The SMILES string of the molecule is CCCOCC(Cc1csc(C)n1)NCC. The van der Waals surface area contributed by atoms with Gasteiger partial charge in [0, 0.05) is 24.4 Å². The van der Waals surface area contributed by atoms with E-state index in [1.807, 2.05) is 6.92 Å². The summed E-state index contributed by atoms with van der Waals surface area (Å²) in [6.45, 7) is 8.90. The number of ether oxygens (including phenoxy) is 1. The maximum atomic E-state index is 5.59. The topological polar surface area (TPSA) is 34.1 Å². The van der Waals surface area contributed by atoms with Gasteiger partial charge < -0.3 is 10.1 Å². The van der Waals surface area contributed by atoms with Gasteiger partial charge in [-0.05, 0) is 19.9 Å². The number of nitrogens with one attached hydrogen (secondary N) is 1. The molecule has 3 nitrogen and oxygen atoms in total. The molecular weight excluding hydrogens is 220 g/mol. The molecule has 16 heavy (non-hydrogen) atoms. The Hall–Kier alpha value is -0.450. The fraction of sp³-hybridized carbons (Fsp3) is 0.750. The zero-order chi connectivity index (χ0) is 11.8. The molecule has 0 saturated carbocycles. The largest absolute Gasteiger partial charge is 0.380 e. The molecule has 92 valence electrons. The number of hydrogen-bond donors (Lipinski definition) is 1. The molecule has 0 aromatic carbocycles. The molecule has 0 radical (unpaired) electrons. The second-order valence-electron chi connectivity index (χ2n) is 3.89. The predicted molar refractivity (Wildman–Crippen MR) is 69.1 cm³/mol. The van der Waals surface area contributed by atoms with Crippen LogP contribution >= 0.6 is 11.3 Å². The zero-order valence-electron chi connectivity index (χ0n) is 10.5. The molecule has 1 atom stereocenters. The van der Waals surface area contributed by atoms with Gasteiger partial charge in [0.25, 0.3) is 0 Å². The van der Waals surface area contributed by atoms with Gasteiger partial charge in [0.1, 0.15) is 0 Å². The standard InChI is InChI=1S/C12H22N2OS/c1-4-6-15-8-11(13-5-2)7-12-9-16-10(3)14-12/h9,11,13H,4-8H2,1-3H3. The lowest BCUT2D eigenvalue weighted by atomic mass is 10.2. The Kier molecular flexibility index (Phi) is 6.61. The Balaban J connectivity index is 2.37. The van der Waals surface area contributed by atoms with Crippen molar-refractivity contribution in [1.29, 1.82) is 0 Å². The van der Waals surface area contributed by atoms with E-state index in [4.69, 9.17) is 4.74 Å². The lowest BCUT2D eigenvalue weighted by Gasteiger charge is -2.16. The van der Waals surface area contributed by atoms with Gasteiger partial charge in [0.2, 0.25) is 0 Å². The van der Waals surface area contributed by atoms with Crippen LogP contribution in [0.1, 0.15) is 31.0 Å². The van der Waals surface area contributed by atoms with Crippen LogP contribution in [-0.2, 0) is 11.2 Å². The molecular formula is C12H22N2OS. The fourth-order valence-electron chi connectivity index (χ4n) is 1.60. The van der Waals surface area contributed by atoms with E-state index in [-0.39, 0.29) is 0 Å². The summed E-state index contributed by atoms with van der Waals surface area (Å²) in [5, 5.41) is 6.72. The third-order valence-corrected chi connectivity index (χ3v) is 3.10. The van der Waals surface area contributed by atoms with E-state index in [2.05, 4.69) is 29.5 Å². The molecule has 1 aromatic heterocycles. The van der Waals surface area contributed by atoms with E-state index in [0.29, 0.717) is 6.04 Å². The number of hydrogen-bond acceptors (Lipinski definition) is 4. The molecule has 1 unspecified atom stereocenters. The first kappa shape index (κ1) is 13.6. The van der Waals surface area contributed by atoms with Gasteiger partial charge in [-0.2, -0.15) is 0 Å².